The molecule has 3 aromatic rings. The fourth-order valence-electron chi connectivity index (χ4n) is 3.14. The summed E-state index contributed by atoms with van der Waals surface area (Å²) in [6.07, 6.45) is 1.74. The van der Waals surface area contributed by atoms with Crippen molar-refractivity contribution in [2.75, 3.05) is 0 Å². The highest BCUT2D eigenvalue weighted by Gasteiger charge is 2.35. The van der Waals surface area contributed by atoms with E-state index in [1.807, 2.05) is 42.5 Å². The number of ether oxygens (including phenoxy) is 1. The second kappa shape index (κ2) is 11.0. The van der Waals surface area contributed by atoms with Crippen LogP contribution in [-0.2, 0) is 17.9 Å². The van der Waals surface area contributed by atoms with E-state index >= 15 is 0 Å². The van der Waals surface area contributed by atoms with Gasteiger partial charge in [-0.15, -0.1) is 0 Å². The van der Waals surface area contributed by atoms with Crippen molar-refractivity contribution in [3.63, 3.8) is 0 Å². The summed E-state index contributed by atoms with van der Waals surface area (Å²) in [6, 6.07) is 18.8. The van der Waals surface area contributed by atoms with Gasteiger partial charge in [0.05, 0.1) is 18.6 Å². The number of benzene rings is 3. The largest absolute Gasteiger partial charge is 0.487 e. The Bertz CT molecular complexity index is 1240. The normalized spacial score (nSPS) is 14.9. The molecule has 1 saturated heterocycles. The van der Waals surface area contributed by atoms with E-state index in [-0.39, 0.29) is 17.7 Å². The number of nitrogens with zero attached hydrogens (tertiary/aromatic N) is 1. The molecule has 1 aliphatic heterocycles. The van der Waals surface area contributed by atoms with Crippen LogP contribution in [0.1, 0.15) is 16.7 Å². The Labute approximate surface area is 232 Å². The zero-order chi connectivity index (χ0) is 23.5. The lowest BCUT2D eigenvalue weighted by atomic mass is 10.2. The predicted molar refractivity (Wildman–Crippen MR) is 151 cm³/mol. The van der Waals surface area contributed by atoms with Gasteiger partial charge in [0.2, 0.25) is 0 Å². The molecule has 0 atom stereocenters. The van der Waals surface area contributed by atoms with Crippen LogP contribution in [-0.4, -0.2) is 16.0 Å². The summed E-state index contributed by atoms with van der Waals surface area (Å²) in [5.74, 6) is 0.452. The fraction of sp³-hybridized carbons (Fsp3) is 0.0833. The van der Waals surface area contributed by atoms with Gasteiger partial charge in [-0.05, 0) is 104 Å². The van der Waals surface area contributed by atoms with Crippen molar-refractivity contribution in [3.05, 3.63) is 99.4 Å². The lowest BCUT2D eigenvalue weighted by molar-refractivity contribution is -0.123. The molecule has 0 radical (unpaired) electrons. The molecule has 2 amide bonds. The number of rotatable bonds is 6. The number of carbonyl (C=O) groups is 2. The molecule has 4 nitrogen and oxygen atoms in total. The summed E-state index contributed by atoms with van der Waals surface area (Å²) in [5, 5.41) is 0.586. The predicted octanol–water partition coefficient (Wildman–Crippen LogP) is 8.02. The molecule has 4 rings (SSSR count). The molecule has 1 aliphatic rings. The first-order valence-corrected chi connectivity index (χ1v) is 13.4. The van der Waals surface area contributed by atoms with E-state index in [0.717, 1.165) is 35.8 Å². The van der Waals surface area contributed by atoms with E-state index in [9.17, 15) is 9.59 Å². The molecular formula is C24H15Cl2I2NO3S. The van der Waals surface area contributed by atoms with Crippen LogP contribution in [0.25, 0.3) is 6.08 Å². The van der Waals surface area contributed by atoms with Gasteiger partial charge >= 0.3 is 0 Å². The van der Waals surface area contributed by atoms with Gasteiger partial charge in [-0.2, -0.15) is 0 Å². The molecule has 3 aromatic carbocycles. The van der Waals surface area contributed by atoms with Crippen molar-refractivity contribution >= 4 is 97.4 Å². The lowest BCUT2D eigenvalue weighted by Crippen LogP contribution is -2.27. The van der Waals surface area contributed by atoms with Gasteiger partial charge in [-0.1, -0.05) is 59.6 Å². The average molecular weight is 722 g/mol. The van der Waals surface area contributed by atoms with Gasteiger partial charge in [0.15, 0.2) is 0 Å². The van der Waals surface area contributed by atoms with Crippen LogP contribution in [0, 0.1) is 7.14 Å². The molecule has 1 heterocycles. The highest BCUT2D eigenvalue weighted by molar-refractivity contribution is 14.1. The number of hydrogen-bond donors (Lipinski definition) is 0. The van der Waals surface area contributed by atoms with Crippen LogP contribution in [0.4, 0.5) is 4.79 Å². The van der Waals surface area contributed by atoms with Gasteiger partial charge in [0, 0.05) is 10.0 Å². The van der Waals surface area contributed by atoms with Gasteiger partial charge in [-0.25, -0.2) is 0 Å². The van der Waals surface area contributed by atoms with Crippen molar-refractivity contribution in [2.24, 2.45) is 0 Å². The minimum Gasteiger partial charge on any atom is -0.487 e. The summed E-state index contributed by atoms with van der Waals surface area (Å²) in [5.41, 5.74) is 2.57. The summed E-state index contributed by atoms with van der Waals surface area (Å²) in [7, 11) is 0. The first-order chi connectivity index (χ1) is 15.8. The molecule has 9 heteroatoms. The summed E-state index contributed by atoms with van der Waals surface area (Å²) < 4.78 is 7.88. The van der Waals surface area contributed by atoms with E-state index in [0.29, 0.717) is 27.1 Å². The summed E-state index contributed by atoms with van der Waals surface area (Å²) >= 11 is 17.5. The first-order valence-electron chi connectivity index (χ1n) is 9.67. The van der Waals surface area contributed by atoms with Gasteiger partial charge in [0.1, 0.15) is 12.4 Å². The van der Waals surface area contributed by atoms with E-state index in [1.54, 1.807) is 24.3 Å². The molecule has 1 fully saturated rings. The quantitative estimate of drug-likeness (QED) is 0.191. The number of thioether (sulfide) groups is 1. The Morgan fingerprint density at radius 3 is 2.33 bits per heavy atom. The second-order valence-electron chi connectivity index (χ2n) is 7.09. The summed E-state index contributed by atoms with van der Waals surface area (Å²) in [4.78, 5) is 27.0. The van der Waals surface area contributed by atoms with Gasteiger partial charge in [0.25, 0.3) is 11.1 Å². The molecule has 0 aliphatic carbocycles. The van der Waals surface area contributed by atoms with Crippen molar-refractivity contribution in [1.29, 1.82) is 0 Å². The molecule has 0 bridgehead atoms. The first kappa shape index (κ1) is 24.8. The van der Waals surface area contributed by atoms with Crippen LogP contribution in [0.5, 0.6) is 5.75 Å². The third-order valence-corrected chi connectivity index (χ3v) is 7.86. The number of halogens is 4. The van der Waals surface area contributed by atoms with E-state index in [4.69, 9.17) is 27.9 Å². The maximum absolute atomic E-state index is 12.9. The van der Waals surface area contributed by atoms with Crippen molar-refractivity contribution in [3.8, 4) is 5.75 Å². The Morgan fingerprint density at radius 1 is 0.970 bits per heavy atom. The summed E-state index contributed by atoms with van der Waals surface area (Å²) in [6.45, 7) is 0.567. The Balaban J connectivity index is 1.51. The Hall–Kier alpha value is -1.27. The molecular weight excluding hydrogens is 707 g/mol. The molecule has 33 heavy (non-hydrogen) atoms. The van der Waals surface area contributed by atoms with Gasteiger partial charge in [-0.3, -0.25) is 14.5 Å². The van der Waals surface area contributed by atoms with Crippen LogP contribution >= 0.6 is 80.1 Å². The number of hydrogen-bond acceptors (Lipinski definition) is 4. The van der Waals surface area contributed by atoms with Crippen molar-refractivity contribution in [2.45, 2.75) is 13.2 Å². The van der Waals surface area contributed by atoms with Crippen molar-refractivity contribution in [1.82, 2.24) is 4.90 Å². The van der Waals surface area contributed by atoms with Crippen molar-refractivity contribution < 1.29 is 14.3 Å². The molecule has 0 spiro atoms. The highest BCUT2D eigenvalue weighted by atomic mass is 127. The maximum atomic E-state index is 12.9. The molecule has 0 aromatic heterocycles. The maximum Gasteiger partial charge on any atom is 0.293 e. The van der Waals surface area contributed by atoms with Gasteiger partial charge < -0.3 is 4.74 Å². The number of imide groups is 1. The third kappa shape index (κ3) is 6.05. The fourth-order valence-corrected chi connectivity index (χ4v) is 6.57. The molecule has 0 unspecified atom stereocenters. The second-order valence-corrected chi connectivity index (χ2v) is 11.3. The average Bonchev–Trinajstić information content (AvgIpc) is 3.03. The molecule has 0 saturated carbocycles. The molecule has 168 valence electrons. The monoisotopic (exact) mass is 721 g/mol. The van der Waals surface area contributed by atoms with Crippen LogP contribution in [0.15, 0.2) is 65.6 Å². The number of amides is 2. The minimum atomic E-state index is -0.342. The number of carbonyl (C=O) groups excluding carboxylic acids is 2. The topological polar surface area (TPSA) is 46.6 Å². The van der Waals surface area contributed by atoms with E-state index in [1.165, 1.54) is 4.90 Å². The minimum absolute atomic E-state index is 0.0966. The Morgan fingerprint density at radius 2 is 1.67 bits per heavy atom. The zero-order valence-electron chi connectivity index (χ0n) is 16.9. The molecule has 0 N–H and O–H groups in total. The van der Waals surface area contributed by atoms with Crippen LogP contribution in [0.3, 0.4) is 0 Å². The smallest absolute Gasteiger partial charge is 0.293 e. The highest BCUT2D eigenvalue weighted by Crippen LogP contribution is 2.36. The zero-order valence-corrected chi connectivity index (χ0v) is 23.5. The standard InChI is InChI=1S/C24H15Cl2I2NO3S/c25-17-7-6-16(18(26)11-17)12-29-23(30)21(33-24(29)31)10-15-8-19(27)22(20(28)9-15)32-13-14-4-2-1-3-5-14/h1-11H,12-13H2/b21-10-. The third-order valence-electron chi connectivity index (χ3n) is 4.76. The van der Waals surface area contributed by atoms with E-state index in [2.05, 4.69) is 45.2 Å². The van der Waals surface area contributed by atoms with Crippen LogP contribution < -0.4 is 4.74 Å². The Kier molecular flexibility index (Phi) is 8.27. The van der Waals surface area contributed by atoms with Crippen LogP contribution in [0.2, 0.25) is 10.0 Å². The lowest BCUT2D eigenvalue weighted by Gasteiger charge is -2.14. The SMILES string of the molecule is O=C1S/C(=C\c2cc(I)c(OCc3ccccc3)c(I)c2)C(=O)N1Cc1ccc(Cl)cc1Cl. The van der Waals surface area contributed by atoms with E-state index < -0.39 is 0 Å².